The van der Waals surface area contributed by atoms with E-state index in [4.69, 9.17) is 0 Å². The molecule has 28 heavy (non-hydrogen) atoms. The fraction of sp³-hybridized carbons (Fsp3) is 0.778. The van der Waals surface area contributed by atoms with Crippen LogP contribution in [0.5, 0.6) is 0 Å². The van der Waals surface area contributed by atoms with Crippen LogP contribution in [0.1, 0.15) is 86.0 Å². The molecule has 0 saturated heterocycles. The van der Waals surface area contributed by atoms with E-state index in [0.717, 1.165) is 24.2 Å². The molecule has 1 heteroatoms. The third-order valence-electron chi connectivity index (χ3n) is 9.52. The van der Waals surface area contributed by atoms with Gasteiger partial charge in [-0.1, -0.05) is 56.2 Å². The molecule has 1 N–H and O–H groups in total. The summed E-state index contributed by atoms with van der Waals surface area (Å²) in [5, 5.41) is 10.1. The lowest BCUT2D eigenvalue weighted by Crippen LogP contribution is -2.48. The molecule has 156 valence electrons. The van der Waals surface area contributed by atoms with Gasteiger partial charge in [0.05, 0.1) is 6.10 Å². The number of aliphatic hydroxyl groups is 1. The van der Waals surface area contributed by atoms with Crippen molar-refractivity contribution >= 4 is 0 Å². The van der Waals surface area contributed by atoms with Crippen molar-refractivity contribution in [3.8, 4) is 0 Å². The average Bonchev–Trinajstić information content (AvgIpc) is 2.99. The van der Waals surface area contributed by atoms with Gasteiger partial charge in [-0.25, -0.2) is 0 Å². The van der Waals surface area contributed by atoms with Gasteiger partial charge in [0, 0.05) is 0 Å². The normalized spacial score (nSPS) is 45.5. The minimum absolute atomic E-state index is 0.223. The zero-order valence-corrected chi connectivity index (χ0v) is 18.9. The molecule has 0 spiro atoms. The maximum absolute atomic E-state index is 10.1. The summed E-state index contributed by atoms with van der Waals surface area (Å²) in [7, 11) is 0. The Kier molecular flexibility index (Phi) is 5.45. The first-order valence-corrected chi connectivity index (χ1v) is 12.0. The summed E-state index contributed by atoms with van der Waals surface area (Å²) < 4.78 is 0. The van der Waals surface area contributed by atoms with Gasteiger partial charge in [0.15, 0.2) is 0 Å². The zero-order valence-electron chi connectivity index (χ0n) is 18.9. The summed E-state index contributed by atoms with van der Waals surface area (Å²) in [5.74, 6) is 3.87. The monoisotopic (exact) mass is 382 g/mol. The second kappa shape index (κ2) is 7.46. The summed E-state index contributed by atoms with van der Waals surface area (Å²) >= 11 is 0. The van der Waals surface area contributed by atoms with Crippen LogP contribution in [0, 0.1) is 40.4 Å². The maximum atomic E-state index is 10.1. The van der Waals surface area contributed by atoms with Crippen molar-refractivity contribution in [3.05, 3.63) is 35.5 Å². The molecule has 0 aromatic heterocycles. The molecule has 0 amide bonds. The largest absolute Gasteiger partial charge is 0.389 e. The fourth-order valence-corrected chi connectivity index (χ4v) is 7.87. The second-order valence-electron chi connectivity index (χ2n) is 11.3. The summed E-state index contributed by atoms with van der Waals surface area (Å²) in [6.07, 6.45) is 19.7. The number of fused-ring (bicyclic) bond motifs is 5. The molecule has 0 aromatic rings. The lowest BCUT2D eigenvalue weighted by atomic mass is 9.49. The summed E-state index contributed by atoms with van der Waals surface area (Å²) in [6, 6.07) is 0. The Morgan fingerprint density at radius 2 is 2.00 bits per heavy atom. The van der Waals surface area contributed by atoms with Crippen molar-refractivity contribution in [2.24, 2.45) is 40.4 Å². The highest BCUT2D eigenvalue weighted by Gasteiger charge is 2.57. The third kappa shape index (κ3) is 3.26. The maximum Gasteiger partial charge on any atom is 0.0724 e. The van der Waals surface area contributed by atoms with Gasteiger partial charge < -0.3 is 5.11 Å². The molecule has 0 heterocycles. The highest BCUT2D eigenvalue weighted by atomic mass is 16.3. The molecule has 0 aromatic carbocycles. The highest BCUT2D eigenvalue weighted by molar-refractivity contribution is 5.31. The van der Waals surface area contributed by atoms with Crippen LogP contribution in [0.25, 0.3) is 0 Å². The fourth-order valence-electron chi connectivity index (χ4n) is 7.87. The molecule has 0 bridgehead atoms. The van der Waals surface area contributed by atoms with E-state index >= 15 is 0 Å². The van der Waals surface area contributed by atoms with Gasteiger partial charge in [-0.2, -0.15) is 0 Å². The van der Waals surface area contributed by atoms with E-state index in [-0.39, 0.29) is 11.5 Å². The van der Waals surface area contributed by atoms with E-state index in [1.165, 1.54) is 50.5 Å². The van der Waals surface area contributed by atoms with Crippen molar-refractivity contribution in [2.45, 2.75) is 92.1 Å². The van der Waals surface area contributed by atoms with E-state index in [0.29, 0.717) is 17.3 Å². The minimum Gasteiger partial charge on any atom is -0.389 e. The van der Waals surface area contributed by atoms with Crippen LogP contribution in [0.15, 0.2) is 35.5 Å². The van der Waals surface area contributed by atoms with E-state index in [9.17, 15) is 5.11 Å². The molecule has 4 rings (SSSR count). The van der Waals surface area contributed by atoms with Gasteiger partial charge in [-0.05, 0) is 106 Å². The summed E-state index contributed by atoms with van der Waals surface area (Å²) in [4.78, 5) is 0. The Morgan fingerprint density at radius 1 is 1.21 bits per heavy atom. The average molecular weight is 383 g/mol. The molecule has 4 aliphatic rings. The van der Waals surface area contributed by atoms with Crippen LogP contribution in [-0.4, -0.2) is 11.2 Å². The number of hydrogen-bond donors (Lipinski definition) is 1. The Balaban J connectivity index is 1.54. The first-order chi connectivity index (χ1) is 13.3. The first kappa shape index (κ1) is 20.5. The van der Waals surface area contributed by atoms with Crippen LogP contribution in [0.3, 0.4) is 0 Å². The van der Waals surface area contributed by atoms with Gasteiger partial charge >= 0.3 is 0 Å². The Labute approximate surface area is 173 Å². The molecular weight excluding hydrogens is 340 g/mol. The van der Waals surface area contributed by atoms with E-state index in [2.05, 4.69) is 58.9 Å². The lowest BCUT2D eigenvalue weighted by Gasteiger charge is -2.56. The molecular formula is C27H42O. The van der Waals surface area contributed by atoms with Gasteiger partial charge in [0.25, 0.3) is 0 Å². The quantitative estimate of drug-likeness (QED) is 0.515. The van der Waals surface area contributed by atoms with Crippen LogP contribution in [0.2, 0.25) is 0 Å². The van der Waals surface area contributed by atoms with Crippen molar-refractivity contribution in [1.82, 2.24) is 0 Å². The van der Waals surface area contributed by atoms with E-state index in [1.807, 2.05) is 5.57 Å². The highest BCUT2D eigenvalue weighted by Crippen LogP contribution is 2.66. The van der Waals surface area contributed by atoms with Crippen molar-refractivity contribution in [1.29, 1.82) is 0 Å². The minimum atomic E-state index is -0.223. The summed E-state index contributed by atoms with van der Waals surface area (Å²) in [5.41, 5.74) is 4.06. The second-order valence-corrected chi connectivity index (χ2v) is 11.3. The Hall–Kier alpha value is -0.820. The first-order valence-electron chi connectivity index (χ1n) is 12.0. The van der Waals surface area contributed by atoms with Crippen LogP contribution in [-0.2, 0) is 0 Å². The van der Waals surface area contributed by atoms with Crippen molar-refractivity contribution in [3.63, 3.8) is 0 Å². The van der Waals surface area contributed by atoms with Gasteiger partial charge in [-0.3, -0.25) is 0 Å². The van der Waals surface area contributed by atoms with Gasteiger partial charge in [0.2, 0.25) is 0 Å². The molecule has 2 saturated carbocycles. The number of rotatable bonds is 4. The molecule has 0 radical (unpaired) electrons. The molecule has 1 nitrogen and oxygen atoms in total. The summed E-state index contributed by atoms with van der Waals surface area (Å²) in [6.45, 7) is 12.1. The zero-order chi connectivity index (χ0) is 20.1. The van der Waals surface area contributed by atoms with Gasteiger partial charge in [0.1, 0.15) is 0 Å². The number of allylic oxidation sites excluding steroid dienone is 5. The Bertz CT molecular complexity index is 680. The molecule has 2 fully saturated rings. The van der Waals surface area contributed by atoms with Crippen molar-refractivity contribution in [2.75, 3.05) is 0 Å². The molecule has 0 aliphatic heterocycles. The van der Waals surface area contributed by atoms with Crippen LogP contribution < -0.4 is 0 Å². The van der Waals surface area contributed by atoms with Gasteiger partial charge in [-0.15, -0.1) is 0 Å². The third-order valence-corrected chi connectivity index (χ3v) is 9.52. The van der Waals surface area contributed by atoms with E-state index < -0.39 is 0 Å². The molecule has 4 aliphatic carbocycles. The SMILES string of the molecule is CC(C)=CCC[C@@H](C)[C@H]1CC[C@H]2C3=CC[C@@H]4C[C@H](O)C=C[C@]4(C)[C@H]3CC[C@]12C. The van der Waals surface area contributed by atoms with Crippen LogP contribution >= 0.6 is 0 Å². The smallest absolute Gasteiger partial charge is 0.0724 e. The standard InChI is InChI=1S/C27H42O/c1-18(2)7-6-8-19(3)23-11-12-24-22-10-9-20-17-21(28)13-15-26(20,4)25(22)14-16-27(23,24)5/h7,10,13,15,19-21,23-25,28H,6,8-9,11-12,14,16-17H2,1-5H3/t19-,20-,21-,23-,24+,25+,26+,27-/m1/s1. The number of hydrogen-bond acceptors (Lipinski definition) is 1. The van der Waals surface area contributed by atoms with E-state index in [1.54, 1.807) is 0 Å². The van der Waals surface area contributed by atoms with Crippen molar-refractivity contribution < 1.29 is 5.11 Å². The topological polar surface area (TPSA) is 20.2 Å². The predicted molar refractivity (Wildman–Crippen MR) is 119 cm³/mol. The molecule has 0 unspecified atom stereocenters. The Morgan fingerprint density at radius 3 is 2.75 bits per heavy atom. The lowest BCUT2D eigenvalue weighted by molar-refractivity contribution is 0.0185. The number of aliphatic hydroxyl groups excluding tert-OH is 1. The predicted octanol–water partition coefficient (Wildman–Crippen LogP) is 7.08. The molecule has 8 atom stereocenters. The van der Waals surface area contributed by atoms with Crippen LogP contribution in [0.4, 0.5) is 0 Å².